The average molecular weight is 291 g/mol. The summed E-state index contributed by atoms with van der Waals surface area (Å²) in [6, 6.07) is 9.27. The summed E-state index contributed by atoms with van der Waals surface area (Å²) in [5, 5.41) is 37.8. The Morgan fingerprint density at radius 2 is 1.15 bits per heavy atom. The molecule has 0 bridgehead atoms. The van der Waals surface area contributed by atoms with Crippen LogP contribution in [0.4, 0.5) is 0 Å². The molecule has 1 aromatic carbocycles. The summed E-state index contributed by atoms with van der Waals surface area (Å²) >= 11 is 0. The maximum atomic E-state index is 9.64. The topological polar surface area (TPSA) is 96.8 Å². The third-order valence-electron chi connectivity index (χ3n) is 2.77. The van der Waals surface area contributed by atoms with E-state index < -0.39 is 25.2 Å². The van der Waals surface area contributed by atoms with Crippen molar-refractivity contribution in [1.82, 2.24) is 15.7 Å². The van der Waals surface area contributed by atoms with Crippen LogP contribution in [0, 0.1) is 0 Å². The van der Waals surface area contributed by atoms with E-state index in [1.165, 1.54) is 0 Å². The van der Waals surface area contributed by atoms with Crippen LogP contribution >= 0.6 is 0 Å². The molecule has 3 atom stereocenters. The summed E-state index contributed by atoms with van der Waals surface area (Å²) in [6.07, 6.45) is -2.46. The van der Waals surface area contributed by atoms with Gasteiger partial charge in [-0.3, -0.25) is 0 Å². The molecular weight excluding hydrogens is 268 g/mol. The molecule has 0 radical (unpaired) electrons. The van der Waals surface area contributed by atoms with Crippen molar-refractivity contribution >= 4 is 12.0 Å². The summed E-state index contributed by atoms with van der Waals surface area (Å²) in [7, 11) is 0. The molecule has 0 spiro atoms. The average Bonchev–Trinajstić information content (AvgIpc) is 2.27. The van der Waals surface area contributed by atoms with Crippen LogP contribution < -0.4 is 50.7 Å². The van der Waals surface area contributed by atoms with Crippen molar-refractivity contribution in [3.05, 3.63) is 30.3 Å². The van der Waals surface area contributed by atoms with Gasteiger partial charge >= 0.3 is 29.6 Å². The quantitative estimate of drug-likeness (QED) is 0.224. The Bertz CT molecular complexity index is 353. The van der Waals surface area contributed by atoms with E-state index in [1.807, 2.05) is 30.3 Å². The molecule has 1 rings (SSSR count). The number of hydrogen-bond donors (Lipinski definition) is 6. The van der Waals surface area contributed by atoms with Crippen LogP contribution in [0.2, 0.25) is 0 Å². The zero-order chi connectivity index (χ0) is 14.5. The van der Waals surface area contributed by atoms with Gasteiger partial charge in [0.25, 0.3) is 0 Å². The van der Waals surface area contributed by atoms with E-state index >= 15 is 0 Å². The molecule has 3 unspecified atom stereocenters. The fourth-order valence-electron chi connectivity index (χ4n) is 2.26. The molecule has 0 saturated carbocycles. The zero-order valence-electron chi connectivity index (χ0n) is 12.5. The Morgan fingerprint density at radius 3 is 1.45 bits per heavy atom. The fourth-order valence-corrected chi connectivity index (χ4v) is 2.26. The van der Waals surface area contributed by atoms with E-state index in [2.05, 4.69) is 15.7 Å². The molecule has 0 heterocycles. The van der Waals surface area contributed by atoms with E-state index in [0.29, 0.717) is 0 Å². The number of rotatable bonds is 7. The predicted molar refractivity (Wildman–Crippen MR) is 76.3 cm³/mol. The SMILES string of the molecule is CC(O)N[B-](NC(C)O)(NC(C)O)c1ccccc1.[Na+]. The first-order valence-corrected chi connectivity index (χ1v) is 6.44. The van der Waals surface area contributed by atoms with Crippen molar-refractivity contribution in [2.24, 2.45) is 0 Å². The molecule has 0 aliphatic heterocycles. The summed E-state index contributed by atoms with van der Waals surface area (Å²) in [6.45, 7) is 2.81. The molecule has 6 N–H and O–H groups in total. The molecule has 20 heavy (non-hydrogen) atoms. The van der Waals surface area contributed by atoms with Gasteiger partial charge in [-0.05, 0) is 20.8 Å². The van der Waals surface area contributed by atoms with Gasteiger partial charge in [0.2, 0.25) is 6.55 Å². The van der Waals surface area contributed by atoms with Gasteiger partial charge < -0.3 is 31.0 Å². The molecule has 0 aromatic heterocycles. The predicted octanol–water partition coefficient (Wildman–Crippen LogP) is -4.38. The van der Waals surface area contributed by atoms with Gasteiger partial charge in [0.1, 0.15) is 0 Å². The number of benzene rings is 1. The minimum atomic E-state index is -1.91. The number of aliphatic hydroxyl groups excluding tert-OH is 3. The second kappa shape index (κ2) is 9.14. The Kier molecular flexibility index (Phi) is 9.16. The van der Waals surface area contributed by atoms with Gasteiger partial charge in [-0.2, -0.15) is 5.46 Å². The molecule has 8 heteroatoms. The molecule has 0 aliphatic carbocycles. The Labute approximate surface area is 142 Å². The van der Waals surface area contributed by atoms with Gasteiger partial charge in [0, 0.05) is 0 Å². The molecule has 108 valence electrons. The molecule has 0 aliphatic rings. The first kappa shape index (κ1) is 20.0. The van der Waals surface area contributed by atoms with Crippen molar-refractivity contribution in [3.63, 3.8) is 0 Å². The van der Waals surface area contributed by atoms with Crippen LogP contribution in [0.1, 0.15) is 20.8 Å². The molecule has 6 nitrogen and oxygen atoms in total. The van der Waals surface area contributed by atoms with Crippen LogP contribution in [-0.4, -0.2) is 40.6 Å². The summed E-state index contributed by atoms with van der Waals surface area (Å²) in [5.41, 5.74) is 0.796. The first-order valence-electron chi connectivity index (χ1n) is 6.44. The van der Waals surface area contributed by atoms with Crippen LogP contribution in [-0.2, 0) is 0 Å². The van der Waals surface area contributed by atoms with Crippen molar-refractivity contribution in [3.8, 4) is 0 Å². The largest absolute Gasteiger partial charge is 1.00 e. The van der Waals surface area contributed by atoms with Crippen LogP contribution in [0.5, 0.6) is 0 Å². The number of nitrogens with one attached hydrogen (secondary N) is 3. The van der Waals surface area contributed by atoms with Gasteiger partial charge in [-0.1, -0.05) is 30.3 Å². The second-order valence-corrected chi connectivity index (χ2v) is 4.80. The molecular formula is C12H23BN3NaO3. The monoisotopic (exact) mass is 291 g/mol. The van der Waals surface area contributed by atoms with Crippen molar-refractivity contribution in [2.45, 2.75) is 39.5 Å². The minimum Gasteiger partial charge on any atom is -0.434 e. The zero-order valence-corrected chi connectivity index (χ0v) is 14.5. The van der Waals surface area contributed by atoms with Crippen molar-refractivity contribution in [1.29, 1.82) is 0 Å². The maximum absolute atomic E-state index is 9.64. The third kappa shape index (κ3) is 6.21. The van der Waals surface area contributed by atoms with E-state index in [1.54, 1.807) is 20.8 Å². The Hall–Kier alpha value is 0.0449. The second-order valence-electron chi connectivity index (χ2n) is 4.80. The van der Waals surface area contributed by atoms with Gasteiger partial charge in [-0.25, -0.2) is 0 Å². The van der Waals surface area contributed by atoms with E-state index in [4.69, 9.17) is 0 Å². The standard InChI is InChI=1S/C12H23BN3O3.Na/c1-9(17)14-13(15-10(2)18,16-11(3)19)12-7-5-4-6-8-12;/h4-11,14-19H,1-3H3;/q-1;+1. The van der Waals surface area contributed by atoms with Crippen LogP contribution in [0.25, 0.3) is 0 Å². The summed E-state index contributed by atoms with van der Waals surface area (Å²) in [5.74, 6) is 0. The van der Waals surface area contributed by atoms with Crippen LogP contribution in [0.3, 0.4) is 0 Å². The smallest absolute Gasteiger partial charge is 0.434 e. The minimum absolute atomic E-state index is 0. The Morgan fingerprint density at radius 1 is 0.800 bits per heavy atom. The van der Waals surface area contributed by atoms with Gasteiger partial charge in [-0.15, -0.1) is 0 Å². The summed E-state index contributed by atoms with van der Waals surface area (Å²) in [4.78, 5) is 0. The Balaban J connectivity index is 0.00000361. The number of hydrogen-bond acceptors (Lipinski definition) is 6. The van der Waals surface area contributed by atoms with Crippen molar-refractivity contribution < 1.29 is 44.9 Å². The fraction of sp³-hybridized carbons (Fsp3) is 0.500. The third-order valence-corrected chi connectivity index (χ3v) is 2.77. The van der Waals surface area contributed by atoms with E-state index in [9.17, 15) is 15.3 Å². The van der Waals surface area contributed by atoms with Crippen LogP contribution in [0.15, 0.2) is 30.3 Å². The van der Waals surface area contributed by atoms with E-state index in [0.717, 1.165) is 5.46 Å². The van der Waals surface area contributed by atoms with Crippen molar-refractivity contribution in [2.75, 3.05) is 0 Å². The maximum Gasteiger partial charge on any atom is 1.00 e. The van der Waals surface area contributed by atoms with E-state index in [-0.39, 0.29) is 29.6 Å². The first-order chi connectivity index (χ1) is 8.85. The molecule has 0 saturated heterocycles. The molecule has 0 fully saturated rings. The van der Waals surface area contributed by atoms with Gasteiger partial charge in [0.15, 0.2) is 0 Å². The molecule has 0 amide bonds. The molecule has 1 aromatic rings. The van der Waals surface area contributed by atoms with Gasteiger partial charge in [0.05, 0.1) is 18.7 Å². The number of aliphatic hydroxyl groups is 3. The normalized spacial score (nSPS) is 18.5. The summed E-state index contributed by atoms with van der Waals surface area (Å²) < 4.78 is 0.